The molecule has 4 heterocycles. The standard InChI is InChI=1S/C14H15ClF3N5O6S/c1-13(2)28-7-5(3-26-30(24,25)14(16,17)18)27-11(8(7)29-13)23-4-20-6-9(19)21-12(15)22-10(6)23/h4-5,7-8,11H,3H2,1-2H3,(H2,19,21,22)/t5-,7-,8-,11-/m1/s1. The first-order valence-corrected chi connectivity index (χ1v) is 10.2. The Kier molecular flexibility index (Phi) is 4.91. The summed E-state index contributed by atoms with van der Waals surface area (Å²) in [7, 11) is -5.81. The molecule has 0 saturated carbocycles. The molecule has 0 spiro atoms. The third kappa shape index (κ3) is 3.58. The highest BCUT2D eigenvalue weighted by atomic mass is 35.5. The summed E-state index contributed by atoms with van der Waals surface area (Å²) in [6.45, 7) is 2.25. The topological polar surface area (TPSA) is 141 Å². The molecule has 16 heteroatoms. The number of nitrogens with zero attached hydrogens (tertiary/aromatic N) is 4. The van der Waals surface area contributed by atoms with Crippen LogP contribution in [0, 0.1) is 0 Å². The quantitative estimate of drug-likeness (QED) is 0.393. The lowest BCUT2D eigenvalue weighted by Gasteiger charge is -2.24. The molecular weight excluding hydrogens is 459 g/mol. The van der Waals surface area contributed by atoms with E-state index in [2.05, 4.69) is 19.1 Å². The van der Waals surface area contributed by atoms with Crippen LogP contribution >= 0.6 is 11.6 Å². The summed E-state index contributed by atoms with van der Waals surface area (Å²) >= 11 is 5.85. The fourth-order valence-electron chi connectivity index (χ4n) is 3.34. The molecule has 0 radical (unpaired) electrons. The van der Waals surface area contributed by atoms with Crippen molar-refractivity contribution in [2.45, 2.75) is 49.7 Å². The van der Waals surface area contributed by atoms with Crippen molar-refractivity contribution in [3.63, 3.8) is 0 Å². The average molecular weight is 474 g/mol. The highest BCUT2D eigenvalue weighted by Gasteiger charge is 2.57. The van der Waals surface area contributed by atoms with Crippen LogP contribution in [0.15, 0.2) is 6.33 Å². The van der Waals surface area contributed by atoms with Crippen molar-refractivity contribution in [1.29, 1.82) is 0 Å². The summed E-state index contributed by atoms with van der Waals surface area (Å²) in [5, 5.41) is -0.156. The summed E-state index contributed by atoms with van der Waals surface area (Å²) in [5.74, 6) is -1.10. The largest absolute Gasteiger partial charge is 0.523 e. The maximum Gasteiger partial charge on any atom is 0.523 e. The Morgan fingerprint density at radius 2 is 1.97 bits per heavy atom. The Labute approximate surface area is 172 Å². The normalized spacial score (nSPS) is 28.9. The lowest BCUT2D eigenvalue weighted by atomic mass is 10.1. The van der Waals surface area contributed by atoms with Gasteiger partial charge in [-0.25, -0.2) is 4.98 Å². The second-order valence-corrected chi connectivity index (χ2v) is 8.96. The van der Waals surface area contributed by atoms with Crippen molar-refractivity contribution < 1.29 is 40.0 Å². The van der Waals surface area contributed by atoms with Crippen LogP contribution in [0.4, 0.5) is 19.0 Å². The molecule has 4 rings (SSSR count). The minimum absolute atomic E-state index is 0.0124. The van der Waals surface area contributed by atoms with E-state index in [1.165, 1.54) is 10.9 Å². The van der Waals surface area contributed by atoms with Crippen molar-refractivity contribution in [2.24, 2.45) is 0 Å². The monoisotopic (exact) mass is 473 g/mol. The number of anilines is 1. The fraction of sp³-hybridized carbons (Fsp3) is 0.643. The SMILES string of the molecule is CC1(C)O[C@@H]2[C@H](O1)[C@@H](COS(=O)(=O)C(F)(F)F)O[C@H]2n1cnc2c(N)nc(Cl)nc21. The third-order valence-electron chi connectivity index (χ3n) is 4.49. The number of nitrogens with two attached hydrogens (primary N) is 1. The molecule has 2 aromatic rings. The molecule has 0 bridgehead atoms. The number of halogens is 4. The third-order valence-corrected chi connectivity index (χ3v) is 5.67. The van der Waals surface area contributed by atoms with Gasteiger partial charge >= 0.3 is 15.6 Å². The summed E-state index contributed by atoms with van der Waals surface area (Å²) in [5.41, 5.74) is 0.623. The van der Waals surface area contributed by atoms with Crippen molar-refractivity contribution >= 4 is 38.7 Å². The van der Waals surface area contributed by atoms with Gasteiger partial charge in [-0.3, -0.25) is 8.75 Å². The van der Waals surface area contributed by atoms with Crippen LogP contribution in [0.1, 0.15) is 20.1 Å². The van der Waals surface area contributed by atoms with Crippen LogP contribution in [-0.4, -0.2) is 64.2 Å². The number of hydrogen-bond donors (Lipinski definition) is 1. The zero-order valence-electron chi connectivity index (χ0n) is 15.3. The van der Waals surface area contributed by atoms with E-state index < -0.39 is 52.6 Å². The lowest BCUT2D eigenvalue weighted by Crippen LogP contribution is -2.36. The first kappa shape index (κ1) is 21.5. The molecule has 2 fully saturated rings. The van der Waals surface area contributed by atoms with E-state index in [0.717, 1.165) is 0 Å². The van der Waals surface area contributed by atoms with Crippen LogP contribution < -0.4 is 5.73 Å². The van der Waals surface area contributed by atoms with Crippen molar-refractivity contribution in [3.8, 4) is 0 Å². The molecule has 30 heavy (non-hydrogen) atoms. The smallest absolute Gasteiger partial charge is 0.382 e. The van der Waals surface area contributed by atoms with Gasteiger partial charge in [0.15, 0.2) is 23.5 Å². The molecule has 0 aromatic carbocycles. The van der Waals surface area contributed by atoms with Gasteiger partial charge in [-0.2, -0.15) is 31.6 Å². The number of nitrogen functional groups attached to an aromatic ring is 1. The molecule has 4 atom stereocenters. The van der Waals surface area contributed by atoms with Crippen LogP contribution in [0.5, 0.6) is 0 Å². The van der Waals surface area contributed by atoms with Gasteiger partial charge in [0, 0.05) is 0 Å². The van der Waals surface area contributed by atoms with Gasteiger partial charge in [-0.1, -0.05) is 0 Å². The Morgan fingerprint density at radius 1 is 1.30 bits per heavy atom. The molecule has 2 aliphatic rings. The van der Waals surface area contributed by atoms with E-state index in [1.54, 1.807) is 13.8 Å². The molecule has 2 saturated heterocycles. The minimum atomic E-state index is -5.81. The molecule has 166 valence electrons. The Morgan fingerprint density at radius 3 is 2.63 bits per heavy atom. The summed E-state index contributed by atoms with van der Waals surface area (Å²) in [4.78, 5) is 11.9. The number of aromatic nitrogens is 4. The summed E-state index contributed by atoms with van der Waals surface area (Å²) < 4.78 is 83.1. The van der Waals surface area contributed by atoms with E-state index in [-0.39, 0.29) is 22.3 Å². The minimum Gasteiger partial charge on any atom is -0.382 e. The molecule has 0 aliphatic carbocycles. The van der Waals surface area contributed by atoms with Gasteiger partial charge in [0.25, 0.3) is 0 Å². The number of fused-ring (bicyclic) bond motifs is 2. The number of ether oxygens (including phenoxy) is 3. The second-order valence-electron chi connectivity index (χ2n) is 7.02. The second kappa shape index (κ2) is 6.86. The van der Waals surface area contributed by atoms with Crippen LogP contribution in [-0.2, 0) is 28.5 Å². The van der Waals surface area contributed by atoms with E-state index in [1.807, 2.05) is 0 Å². The van der Waals surface area contributed by atoms with Crippen molar-refractivity contribution in [1.82, 2.24) is 19.5 Å². The van der Waals surface area contributed by atoms with Gasteiger partial charge in [0.1, 0.15) is 23.8 Å². The summed E-state index contributed by atoms with van der Waals surface area (Å²) in [6, 6.07) is 0. The van der Waals surface area contributed by atoms with Gasteiger partial charge in [0.2, 0.25) is 5.28 Å². The highest BCUT2D eigenvalue weighted by Crippen LogP contribution is 2.44. The van der Waals surface area contributed by atoms with Crippen molar-refractivity contribution in [2.75, 3.05) is 12.3 Å². The first-order chi connectivity index (χ1) is 13.8. The molecule has 0 unspecified atom stereocenters. The number of hydrogen-bond acceptors (Lipinski definition) is 10. The maximum atomic E-state index is 12.6. The fourth-order valence-corrected chi connectivity index (χ4v) is 3.96. The zero-order chi connectivity index (χ0) is 22.1. The predicted octanol–water partition coefficient (Wildman–Crippen LogP) is 1.35. The Balaban J connectivity index is 1.66. The molecular formula is C14H15ClF3N5O6S. The van der Waals surface area contributed by atoms with E-state index in [4.69, 9.17) is 31.5 Å². The maximum absolute atomic E-state index is 12.6. The van der Waals surface area contributed by atoms with Crippen LogP contribution in [0.2, 0.25) is 5.28 Å². The van der Waals surface area contributed by atoms with E-state index in [0.29, 0.717) is 0 Å². The molecule has 0 amide bonds. The molecule has 2 aromatic heterocycles. The van der Waals surface area contributed by atoms with Gasteiger partial charge in [0.05, 0.1) is 12.9 Å². The highest BCUT2D eigenvalue weighted by molar-refractivity contribution is 7.87. The van der Waals surface area contributed by atoms with E-state index in [9.17, 15) is 21.6 Å². The van der Waals surface area contributed by atoms with Gasteiger partial charge in [-0.05, 0) is 25.4 Å². The molecule has 11 nitrogen and oxygen atoms in total. The van der Waals surface area contributed by atoms with Gasteiger partial charge in [-0.15, -0.1) is 0 Å². The first-order valence-electron chi connectivity index (χ1n) is 8.41. The Bertz CT molecular complexity index is 1090. The van der Waals surface area contributed by atoms with Crippen molar-refractivity contribution in [3.05, 3.63) is 11.6 Å². The van der Waals surface area contributed by atoms with Crippen LogP contribution in [0.25, 0.3) is 11.2 Å². The Hall–Kier alpha value is -1.78. The predicted molar refractivity (Wildman–Crippen MR) is 93.4 cm³/mol. The number of imidazole rings is 1. The lowest BCUT2D eigenvalue weighted by molar-refractivity contribution is -0.199. The zero-order valence-corrected chi connectivity index (χ0v) is 16.9. The number of alkyl halides is 3. The average Bonchev–Trinajstić information content (AvgIpc) is 3.23. The molecule has 2 aliphatic heterocycles. The van der Waals surface area contributed by atoms with E-state index >= 15 is 0 Å². The summed E-state index contributed by atoms with van der Waals surface area (Å²) in [6.07, 6.45) is -2.64. The van der Waals surface area contributed by atoms with Crippen LogP contribution in [0.3, 0.4) is 0 Å². The number of rotatable bonds is 4. The molecule has 2 N–H and O–H groups in total. The van der Waals surface area contributed by atoms with Gasteiger partial charge < -0.3 is 19.9 Å².